The van der Waals surface area contributed by atoms with Gasteiger partial charge >= 0.3 is 6.18 Å². The minimum absolute atomic E-state index is 0.0277. The Bertz CT molecular complexity index is 1170. The topological polar surface area (TPSA) is 127 Å². The van der Waals surface area contributed by atoms with E-state index in [2.05, 4.69) is 30.7 Å². The summed E-state index contributed by atoms with van der Waals surface area (Å²) in [5.74, 6) is -0.0573. The van der Waals surface area contributed by atoms with Crippen molar-refractivity contribution in [1.82, 2.24) is 35.2 Å². The van der Waals surface area contributed by atoms with E-state index < -0.39 is 34.8 Å². The molecule has 182 valence electrons. The van der Waals surface area contributed by atoms with Crippen molar-refractivity contribution in [3.8, 4) is 0 Å². The number of alkyl halides is 3. The van der Waals surface area contributed by atoms with Crippen molar-refractivity contribution in [3.63, 3.8) is 0 Å². The average Bonchev–Trinajstić information content (AvgIpc) is 3.43. The summed E-state index contributed by atoms with van der Waals surface area (Å²) in [5.41, 5.74) is -2.53. The lowest BCUT2D eigenvalue weighted by Gasteiger charge is -2.18. The summed E-state index contributed by atoms with van der Waals surface area (Å²) in [6.07, 6.45) is 0.835. The first kappa shape index (κ1) is 23.5. The fourth-order valence-corrected chi connectivity index (χ4v) is 3.60. The minimum Gasteiger partial charge on any atom is -0.378 e. The van der Waals surface area contributed by atoms with Crippen molar-refractivity contribution in [2.24, 2.45) is 0 Å². The van der Waals surface area contributed by atoms with Crippen molar-refractivity contribution in [3.05, 3.63) is 52.2 Å². The van der Waals surface area contributed by atoms with Crippen LogP contribution >= 0.6 is 0 Å². The molecule has 0 spiro atoms. The first-order valence-corrected chi connectivity index (χ1v) is 10.3. The van der Waals surface area contributed by atoms with Crippen LogP contribution in [0.3, 0.4) is 0 Å². The minimum atomic E-state index is -4.82. The zero-order valence-corrected chi connectivity index (χ0v) is 18.0. The lowest BCUT2D eigenvalue weighted by Crippen LogP contribution is -2.29. The van der Waals surface area contributed by atoms with Gasteiger partial charge < -0.3 is 15.0 Å². The van der Waals surface area contributed by atoms with E-state index in [4.69, 9.17) is 4.74 Å². The van der Waals surface area contributed by atoms with Crippen molar-refractivity contribution in [2.45, 2.75) is 38.2 Å². The van der Waals surface area contributed by atoms with Crippen molar-refractivity contribution in [1.29, 1.82) is 0 Å². The maximum Gasteiger partial charge on any atom is 0.423 e. The van der Waals surface area contributed by atoms with E-state index in [1.165, 1.54) is 0 Å². The van der Waals surface area contributed by atoms with Crippen LogP contribution < -0.4 is 15.8 Å². The molecular weight excluding hydrogens is 462 g/mol. The Balaban J connectivity index is 1.28. The number of hydrogen-bond donors (Lipinski definition) is 2. The number of halogens is 4. The van der Waals surface area contributed by atoms with E-state index in [0.717, 1.165) is 25.0 Å². The van der Waals surface area contributed by atoms with Crippen LogP contribution in [0.5, 0.6) is 0 Å². The van der Waals surface area contributed by atoms with Gasteiger partial charge in [0.2, 0.25) is 5.95 Å². The summed E-state index contributed by atoms with van der Waals surface area (Å²) in [6, 6.07) is -0.515. The highest BCUT2D eigenvalue weighted by atomic mass is 19.4. The number of nitrogens with one attached hydrogen (secondary N) is 2. The highest BCUT2D eigenvalue weighted by Crippen LogP contribution is 2.31. The largest absolute Gasteiger partial charge is 0.423 e. The number of aromatic nitrogens is 7. The highest BCUT2D eigenvalue weighted by molar-refractivity contribution is 5.50. The molecule has 15 heteroatoms. The molecule has 2 unspecified atom stereocenters. The van der Waals surface area contributed by atoms with Gasteiger partial charge in [-0.15, -0.1) is 5.10 Å². The Morgan fingerprint density at radius 2 is 2.06 bits per heavy atom. The molecule has 4 heterocycles. The average molecular weight is 483 g/mol. The third kappa shape index (κ3) is 5.47. The first-order chi connectivity index (χ1) is 16.2. The van der Waals surface area contributed by atoms with Gasteiger partial charge in [0.1, 0.15) is 11.3 Å². The molecule has 1 fully saturated rings. The molecule has 0 amide bonds. The van der Waals surface area contributed by atoms with Crippen LogP contribution in [0.1, 0.15) is 30.6 Å². The van der Waals surface area contributed by atoms with Gasteiger partial charge in [0.25, 0.3) is 5.56 Å². The zero-order chi connectivity index (χ0) is 24.3. The van der Waals surface area contributed by atoms with E-state index in [1.807, 2.05) is 4.90 Å². The van der Waals surface area contributed by atoms with E-state index >= 15 is 0 Å². The normalized spacial score (nSPS) is 17.2. The maximum atomic E-state index is 13.1. The number of ether oxygens (including phenoxy) is 1. The smallest absolute Gasteiger partial charge is 0.378 e. The summed E-state index contributed by atoms with van der Waals surface area (Å²) >= 11 is 0. The Hall–Kier alpha value is -3.62. The monoisotopic (exact) mass is 483 g/mol. The summed E-state index contributed by atoms with van der Waals surface area (Å²) in [7, 11) is 0. The molecule has 1 aliphatic rings. The fraction of sp³-hybridized carbons (Fsp3) is 0.474. The quantitative estimate of drug-likeness (QED) is 0.461. The number of hydrogen-bond acceptors (Lipinski definition) is 9. The van der Waals surface area contributed by atoms with Crippen LogP contribution in [0.4, 0.5) is 29.2 Å². The van der Waals surface area contributed by atoms with E-state index in [9.17, 15) is 22.4 Å². The number of anilines is 2. The third-order valence-corrected chi connectivity index (χ3v) is 5.14. The molecular formula is C19H21F4N9O2. The number of aromatic amines is 1. The van der Waals surface area contributed by atoms with Gasteiger partial charge in [-0.3, -0.25) is 4.79 Å². The molecule has 34 heavy (non-hydrogen) atoms. The molecule has 11 nitrogen and oxygen atoms in total. The van der Waals surface area contributed by atoms with Crippen LogP contribution in [0, 0.1) is 5.82 Å². The third-order valence-electron chi connectivity index (χ3n) is 5.14. The number of rotatable bonds is 8. The first-order valence-electron chi connectivity index (χ1n) is 10.3. The molecule has 0 bridgehead atoms. The maximum absolute atomic E-state index is 13.1. The second kappa shape index (κ2) is 9.70. The molecule has 2 N–H and O–H groups in total. The zero-order valence-electron chi connectivity index (χ0n) is 18.0. The lowest BCUT2D eigenvalue weighted by atomic mass is 10.2. The van der Waals surface area contributed by atoms with Crippen molar-refractivity contribution in [2.75, 3.05) is 29.9 Å². The summed E-state index contributed by atoms with van der Waals surface area (Å²) in [5, 5.41) is 16.0. The summed E-state index contributed by atoms with van der Waals surface area (Å²) in [6.45, 7) is 3.03. The van der Waals surface area contributed by atoms with Crippen LogP contribution in [0.15, 0.2) is 29.6 Å². The molecule has 0 aromatic carbocycles. The summed E-state index contributed by atoms with van der Waals surface area (Å²) in [4.78, 5) is 21.4. The van der Waals surface area contributed by atoms with E-state index in [1.54, 1.807) is 22.9 Å². The van der Waals surface area contributed by atoms with Gasteiger partial charge in [0.15, 0.2) is 5.82 Å². The standard InChI is InChI=1S/C19H21F4N9O2/c1-11(27-15-6-26-29-17(33)16(15)19(21,22)23)9-34-10-13-7-32(30-28-13)14-2-3-31(8-14)18-24-4-12(20)5-25-18/h4-7,11,14H,2-3,8-10H2,1H3,(H2,27,29,33). The van der Waals surface area contributed by atoms with Gasteiger partial charge in [-0.1, -0.05) is 5.21 Å². The number of nitrogens with zero attached hydrogens (tertiary/aromatic N) is 7. The molecule has 0 saturated carbocycles. The molecule has 2 atom stereocenters. The predicted molar refractivity (Wildman–Crippen MR) is 110 cm³/mol. The van der Waals surface area contributed by atoms with Crippen LogP contribution in [-0.2, 0) is 17.5 Å². The molecule has 1 aliphatic heterocycles. The SMILES string of the molecule is CC(COCc1cn(C2CCN(c3ncc(F)cn3)C2)nn1)Nc1cn[nH]c(=O)c1C(F)(F)F. The second-order valence-electron chi connectivity index (χ2n) is 7.83. The Kier molecular flexibility index (Phi) is 6.72. The van der Waals surface area contributed by atoms with E-state index in [-0.39, 0.29) is 19.3 Å². The number of H-pyrrole nitrogens is 1. The van der Waals surface area contributed by atoms with Crippen molar-refractivity contribution >= 4 is 11.6 Å². The molecule has 3 aromatic heterocycles. The molecule has 1 saturated heterocycles. The van der Waals surface area contributed by atoms with Gasteiger partial charge in [-0.25, -0.2) is 24.1 Å². The second-order valence-corrected chi connectivity index (χ2v) is 7.83. The van der Waals surface area contributed by atoms with Gasteiger partial charge in [0, 0.05) is 19.1 Å². The Morgan fingerprint density at radius 3 is 2.79 bits per heavy atom. The van der Waals surface area contributed by atoms with Crippen molar-refractivity contribution < 1.29 is 22.3 Å². The molecule has 4 rings (SSSR count). The predicted octanol–water partition coefficient (Wildman–Crippen LogP) is 1.78. The van der Waals surface area contributed by atoms with Gasteiger partial charge in [-0.2, -0.15) is 18.3 Å². The highest BCUT2D eigenvalue weighted by Gasteiger charge is 2.37. The van der Waals surface area contributed by atoms with Crippen LogP contribution in [-0.4, -0.2) is 60.9 Å². The molecule has 0 aliphatic carbocycles. The van der Waals surface area contributed by atoms with Gasteiger partial charge in [0.05, 0.1) is 49.7 Å². The van der Waals surface area contributed by atoms with Crippen LogP contribution in [0.2, 0.25) is 0 Å². The Labute approximate surface area is 190 Å². The molecule has 3 aromatic rings. The molecule has 0 radical (unpaired) electrons. The summed E-state index contributed by atoms with van der Waals surface area (Å²) < 4.78 is 59.7. The Morgan fingerprint density at radius 1 is 1.29 bits per heavy atom. The van der Waals surface area contributed by atoms with Gasteiger partial charge in [-0.05, 0) is 13.3 Å². The fourth-order valence-electron chi connectivity index (χ4n) is 3.60. The van der Waals surface area contributed by atoms with E-state index in [0.29, 0.717) is 24.7 Å². The van der Waals surface area contributed by atoms with Crippen LogP contribution in [0.25, 0.3) is 0 Å². The lowest BCUT2D eigenvalue weighted by molar-refractivity contribution is -0.138.